The molecule has 228 valence electrons. The van der Waals surface area contributed by atoms with Gasteiger partial charge in [-0.2, -0.15) is 0 Å². The summed E-state index contributed by atoms with van der Waals surface area (Å²) < 4.78 is 5.22. The Morgan fingerprint density at radius 1 is 1.10 bits per heavy atom. The summed E-state index contributed by atoms with van der Waals surface area (Å²) in [5.41, 5.74) is -6.45. The van der Waals surface area contributed by atoms with Crippen LogP contribution >= 0.6 is 0 Å². The van der Waals surface area contributed by atoms with Crippen LogP contribution in [-0.2, 0) is 23.9 Å². The molecule has 41 heavy (non-hydrogen) atoms. The molecule has 4 rings (SSSR count). The zero-order valence-corrected chi connectivity index (χ0v) is 25.5. The number of hydrogen-bond acceptors (Lipinski definition) is 9. The van der Waals surface area contributed by atoms with E-state index in [0.717, 1.165) is 11.6 Å². The third kappa shape index (κ3) is 4.33. The van der Waals surface area contributed by atoms with E-state index in [1.807, 2.05) is 19.9 Å². The first-order valence-electron chi connectivity index (χ1n) is 14.5. The van der Waals surface area contributed by atoms with Gasteiger partial charge in [0.2, 0.25) is 0 Å². The normalized spacial score (nSPS) is 41.7. The van der Waals surface area contributed by atoms with E-state index in [1.54, 1.807) is 27.7 Å². The van der Waals surface area contributed by atoms with Crippen molar-refractivity contribution in [1.29, 1.82) is 0 Å². The van der Waals surface area contributed by atoms with Gasteiger partial charge in [0.15, 0.2) is 11.6 Å². The second-order valence-electron chi connectivity index (χ2n) is 14.7. The Balaban J connectivity index is 1.78. The lowest BCUT2D eigenvalue weighted by molar-refractivity contribution is -0.192. The van der Waals surface area contributed by atoms with Gasteiger partial charge in [-0.3, -0.25) is 19.2 Å². The first kappa shape index (κ1) is 31.7. The van der Waals surface area contributed by atoms with Gasteiger partial charge < -0.3 is 25.2 Å². The molecular weight excluding hydrogens is 528 g/mol. The van der Waals surface area contributed by atoms with Crippen molar-refractivity contribution in [3.05, 3.63) is 23.8 Å². The molecule has 3 fully saturated rings. The largest absolute Gasteiger partial charge is 0.456 e. The molecule has 0 saturated heterocycles. The second-order valence-corrected chi connectivity index (χ2v) is 14.7. The minimum Gasteiger partial charge on any atom is -0.456 e. The fraction of sp³-hybridized carbons (Fsp3) is 0.750. The molecule has 0 aromatic carbocycles. The molecule has 9 heteroatoms. The minimum atomic E-state index is -2.06. The standard InChI is InChI=1S/C32H46O9/c1-17(34)41-27(2,3)12-11-23(37)31(8,40)25-21(36)14-29(6)22-10-9-18-19(13-20(35)26(39)28(18,4)5)32(22,16-33)24(38)15-30(25,29)7/h9,11-12,19-22,25,33,35-36,40H,10,13-16H2,1-8H3/b12-11+/t19-,20-,21+,22+,25+,29+,30-,31+,32+/m1/s1. The lowest BCUT2D eigenvalue weighted by Crippen LogP contribution is -2.67. The number of esters is 1. The Morgan fingerprint density at radius 3 is 2.27 bits per heavy atom. The highest BCUT2D eigenvalue weighted by Gasteiger charge is 2.75. The van der Waals surface area contributed by atoms with Crippen molar-refractivity contribution < 1.29 is 44.3 Å². The van der Waals surface area contributed by atoms with E-state index in [-0.39, 0.29) is 30.8 Å². The summed E-state index contributed by atoms with van der Waals surface area (Å²) in [4.78, 5) is 52.2. The predicted molar refractivity (Wildman–Crippen MR) is 149 cm³/mol. The van der Waals surface area contributed by atoms with Gasteiger partial charge in [0.05, 0.1) is 18.1 Å². The topological polar surface area (TPSA) is 158 Å². The predicted octanol–water partition coefficient (Wildman–Crippen LogP) is 2.47. The molecule has 0 radical (unpaired) electrons. The summed E-state index contributed by atoms with van der Waals surface area (Å²) in [7, 11) is 0. The molecule has 4 aliphatic rings. The van der Waals surface area contributed by atoms with Crippen molar-refractivity contribution in [2.75, 3.05) is 6.61 Å². The number of aliphatic hydroxyl groups excluding tert-OH is 3. The van der Waals surface area contributed by atoms with Crippen LogP contribution in [0, 0.1) is 39.4 Å². The number of carbonyl (C=O) groups excluding carboxylic acids is 4. The summed E-state index contributed by atoms with van der Waals surface area (Å²) in [6.07, 6.45) is 2.66. The van der Waals surface area contributed by atoms with Gasteiger partial charge in [0, 0.05) is 24.7 Å². The van der Waals surface area contributed by atoms with Crippen molar-refractivity contribution >= 4 is 23.3 Å². The van der Waals surface area contributed by atoms with Gasteiger partial charge >= 0.3 is 5.97 Å². The summed E-state index contributed by atoms with van der Waals surface area (Å²) in [5, 5.41) is 45.0. The molecule has 0 unspecified atom stereocenters. The molecule has 0 heterocycles. The number of carbonyl (C=O) groups is 4. The van der Waals surface area contributed by atoms with E-state index >= 15 is 0 Å². The molecular formula is C32H46O9. The Hall–Kier alpha value is -2.20. The van der Waals surface area contributed by atoms with Gasteiger partial charge in [0.1, 0.15) is 23.1 Å². The maximum absolute atomic E-state index is 14.4. The number of rotatable bonds is 6. The van der Waals surface area contributed by atoms with Crippen LogP contribution in [0.1, 0.15) is 81.1 Å². The van der Waals surface area contributed by atoms with Crippen molar-refractivity contribution in [3.63, 3.8) is 0 Å². The highest BCUT2D eigenvalue weighted by Crippen LogP contribution is 2.74. The van der Waals surface area contributed by atoms with Crippen molar-refractivity contribution in [3.8, 4) is 0 Å². The quantitative estimate of drug-likeness (QED) is 0.212. The Labute approximate surface area is 242 Å². The van der Waals surface area contributed by atoms with Crippen LogP contribution in [0.5, 0.6) is 0 Å². The summed E-state index contributed by atoms with van der Waals surface area (Å²) in [6, 6.07) is 0. The molecule has 0 amide bonds. The smallest absolute Gasteiger partial charge is 0.303 e. The van der Waals surface area contributed by atoms with E-state index in [9.17, 15) is 39.6 Å². The molecule has 0 aromatic heterocycles. The van der Waals surface area contributed by atoms with Gasteiger partial charge in [-0.15, -0.1) is 0 Å². The average molecular weight is 575 g/mol. The summed E-state index contributed by atoms with van der Waals surface area (Å²) in [6.45, 7) is 12.6. The maximum atomic E-state index is 14.4. The first-order valence-corrected chi connectivity index (χ1v) is 14.5. The Morgan fingerprint density at radius 2 is 1.71 bits per heavy atom. The van der Waals surface area contributed by atoms with Crippen molar-refractivity contribution in [2.45, 2.75) is 104 Å². The number of aliphatic hydroxyl groups is 4. The van der Waals surface area contributed by atoms with Crippen molar-refractivity contribution in [1.82, 2.24) is 0 Å². The van der Waals surface area contributed by atoms with Crippen LogP contribution < -0.4 is 0 Å². The molecule has 0 spiro atoms. The molecule has 9 atom stereocenters. The van der Waals surface area contributed by atoms with Crippen LogP contribution in [0.2, 0.25) is 0 Å². The zero-order valence-electron chi connectivity index (χ0n) is 25.5. The third-order valence-electron chi connectivity index (χ3n) is 11.5. The first-order chi connectivity index (χ1) is 18.6. The molecule has 4 N–H and O–H groups in total. The summed E-state index contributed by atoms with van der Waals surface area (Å²) in [5.74, 6) is -3.76. The van der Waals surface area contributed by atoms with E-state index in [4.69, 9.17) is 4.74 Å². The fourth-order valence-electron chi connectivity index (χ4n) is 9.47. The lowest BCUT2D eigenvalue weighted by atomic mass is 9.38. The monoisotopic (exact) mass is 574 g/mol. The fourth-order valence-corrected chi connectivity index (χ4v) is 9.47. The number of Topliss-reactive ketones (excluding diaryl/α,β-unsaturated/α-hetero) is 2. The maximum Gasteiger partial charge on any atom is 0.303 e. The number of ether oxygens (including phenoxy) is 1. The third-order valence-corrected chi connectivity index (χ3v) is 11.5. The lowest BCUT2D eigenvalue weighted by Gasteiger charge is -2.64. The highest BCUT2D eigenvalue weighted by molar-refractivity contribution is 5.98. The number of hydrogen-bond donors (Lipinski definition) is 4. The number of allylic oxidation sites excluding steroid dienone is 2. The van der Waals surface area contributed by atoms with Crippen LogP contribution in [0.4, 0.5) is 0 Å². The van der Waals surface area contributed by atoms with E-state index in [0.29, 0.717) is 6.42 Å². The zero-order chi connectivity index (χ0) is 31.1. The molecule has 0 aliphatic heterocycles. The summed E-state index contributed by atoms with van der Waals surface area (Å²) >= 11 is 0. The molecule has 4 aliphatic carbocycles. The molecule has 0 aromatic rings. The van der Waals surface area contributed by atoms with E-state index < -0.39 is 81.2 Å². The van der Waals surface area contributed by atoms with Gasteiger partial charge in [-0.25, -0.2) is 0 Å². The van der Waals surface area contributed by atoms with Gasteiger partial charge in [-0.1, -0.05) is 25.5 Å². The van der Waals surface area contributed by atoms with Gasteiger partial charge in [0.25, 0.3) is 0 Å². The Bertz CT molecular complexity index is 1230. The van der Waals surface area contributed by atoms with Crippen LogP contribution in [0.15, 0.2) is 23.8 Å². The molecule has 9 nitrogen and oxygen atoms in total. The number of fused-ring (bicyclic) bond motifs is 5. The minimum absolute atomic E-state index is 0.0365. The number of ketones is 3. The van der Waals surface area contributed by atoms with E-state index in [2.05, 4.69) is 0 Å². The van der Waals surface area contributed by atoms with Crippen LogP contribution in [-0.4, -0.2) is 73.8 Å². The average Bonchev–Trinajstić information content (AvgIpc) is 3.05. The van der Waals surface area contributed by atoms with E-state index in [1.165, 1.54) is 19.9 Å². The molecule has 3 saturated carbocycles. The van der Waals surface area contributed by atoms with Crippen LogP contribution in [0.3, 0.4) is 0 Å². The van der Waals surface area contributed by atoms with Crippen LogP contribution in [0.25, 0.3) is 0 Å². The SMILES string of the molecule is CC(=O)OC(C)(C)/C=C/C(=O)[C@](C)(O)[C@H]1[C@@H](O)C[C@@]2(C)[C@@H]3CC=C4[C@@H](C[C@@H](O)C(=O)C4(C)C)[C@]3(CO)C(=O)C[C@]12C. The Kier molecular flexibility index (Phi) is 7.47. The van der Waals surface area contributed by atoms with Gasteiger partial charge in [-0.05, 0) is 88.7 Å². The molecule has 0 bridgehead atoms. The van der Waals surface area contributed by atoms with Crippen molar-refractivity contribution in [2.24, 2.45) is 39.4 Å². The second kappa shape index (κ2) is 9.66. The highest BCUT2D eigenvalue weighted by atomic mass is 16.6.